The molecule has 0 radical (unpaired) electrons. The van der Waals surface area contributed by atoms with E-state index in [0.717, 1.165) is 30.6 Å². The second-order valence-electron chi connectivity index (χ2n) is 8.41. The maximum Gasteiger partial charge on any atom is 0.330 e. The van der Waals surface area contributed by atoms with Gasteiger partial charge in [0, 0.05) is 6.08 Å². The molecule has 0 aromatic carbocycles. The van der Waals surface area contributed by atoms with Crippen molar-refractivity contribution in [3.05, 3.63) is 12.7 Å². The first kappa shape index (κ1) is 15.1. The molecule has 2 bridgehead atoms. The lowest BCUT2D eigenvalue weighted by molar-refractivity contribution is -0.146. The van der Waals surface area contributed by atoms with E-state index in [-0.39, 0.29) is 12.1 Å². The summed E-state index contributed by atoms with van der Waals surface area (Å²) in [6.07, 6.45) is 10.3. The molecule has 118 valence electrons. The summed E-state index contributed by atoms with van der Waals surface area (Å²) < 4.78 is 5.54. The molecular weight excluding hydrogens is 260 g/mol. The molecule has 3 saturated carbocycles. The highest BCUT2D eigenvalue weighted by Crippen LogP contribution is 2.70. The molecular formula is C19H30O2. The van der Waals surface area contributed by atoms with Crippen molar-refractivity contribution in [2.45, 2.75) is 71.8 Å². The van der Waals surface area contributed by atoms with E-state index < -0.39 is 0 Å². The van der Waals surface area contributed by atoms with E-state index in [1.54, 1.807) is 0 Å². The van der Waals surface area contributed by atoms with Crippen molar-refractivity contribution in [3.63, 3.8) is 0 Å². The van der Waals surface area contributed by atoms with Gasteiger partial charge >= 0.3 is 5.97 Å². The lowest BCUT2D eigenvalue weighted by Gasteiger charge is -2.45. The van der Waals surface area contributed by atoms with Crippen LogP contribution in [0.2, 0.25) is 0 Å². The topological polar surface area (TPSA) is 26.3 Å². The van der Waals surface area contributed by atoms with Crippen molar-refractivity contribution in [3.8, 4) is 0 Å². The number of ether oxygens (including phenoxy) is 1. The molecule has 21 heavy (non-hydrogen) atoms. The Morgan fingerprint density at radius 1 is 1.19 bits per heavy atom. The Bertz CT molecular complexity index is 439. The average molecular weight is 290 g/mol. The van der Waals surface area contributed by atoms with Crippen LogP contribution in [-0.2, 0) is 9.53 Å². The fourth-order valence-electron chi connectivity index (χ4n) is 5.84. The molecule has 0 N–H and O–H groups in total. The Morgan fingerprint density at radius 3 is 2.52 bits per heavy atom. The number of esters is 1. The molecule has 0 amide bonds. The fourth-order valence-corrected chi connectivity index (χ4v) is 5.84. The van der Waals surface area contributed by atoms with Crippen LogP contribution >= 0.6 is 0 Å². The van der Waals surface area contributed by atoms with Gasteiger partial charge in [-0.2, -0.15) is 0 Å². The van der Waals surface area contributed by atoms with Gasteiger partial charge in [-0.15, -0.1) is 0 Å². The van der Waals surface area contributed by atoms with Crippen LogP contribution < -0.4 is 0 Å². The molecule has 0 aromatic rings. The SMILES string of the molecule is C=CC(=O)O[C@H]1CCC[C@@H]([C@@H]2C[C@@H]3CC[C@]2(C)C3(C)C)C1. The average Bonchev–Trinajstić information content (AvgIpc) is 2.80. The lowest BCUT2D eigenvalue weighted by atomic mass is 9.61. The summed E-state index contributed by atoms with van der Waals surface area (Å²) in [6, 6.07) is 0. The molecule has 0 aromatic heterocycles. The monoisotopic (exact) mass is 290 g/mol. The fraction of sp³-hybridized carbons (Fsp3) is 0.842. The summed E-state index contributed by atoms with van der Waals surface area (Å²) in [7, 11) is 0. The van der Waals surface area contributed by atoms with Crippen molar-refractivity contribution in [2.24, 2.45) is 28.6 Å². The molecule has 3 fully saturated rings. The largest absolute Gasteiger partial charge is 0.459 e. The highest BCUT2D eigenvalue weighted by Gasteiger charge is 2.62. The molecule has 0 saturated heterocycles. The first-order chi connectivity index (χ1) is 9.88. The van der Waals surface area contributed by atoms with Crippen LogP contribution in [0.1, 0.15) is 65.7 Å². The summed E-state index contributed by atoms with van der Waals surface area (Å²) in [5, 5.41) is 0. The van der Waals surface area contributed by atoms with Gasteiger partial charge in [0.1, 0.15) is 6.10 Å². The highest BCUT2D eigenvalue weighted by molar-refractivity contribution is 5.81. The number of hydrogen-bond donors (Lipinski definition) is 0. The highest BCUT2D eigenvalue weighted by atomic mass is 16.5. The Morgan fingerprint density at radius 2 is 1.95 bits per heavy atom. The zero-order valence-corrected chi connectivity index (χ0v) is 13.9. The van der Waals surface area contributed by atoms with E-state index in [0.29, 0.717) is 10.8 Å². The van der Waals surface area contributed by atoms with E-state index >= 15 is 0 Å². The number of rotatable bonds is 3. The van der Waals surface area contributed by atoms with Crippen LogP contribution in [0, 0.1) is 28.6 Å². The zero-order valence-electron chi connectivity index (χ0n) is 13.9. The molecule has 0 heterocycles. The van der Waals surface area contributed by atoms with Gasteiger partial charge in [-0.05, 0) is 73.5 Å². The second-order valence-corrected chi connectivity index (χ2v) is 8.41. The first-order valence-corrected chi connectivity index (χ1v) is 8.71. The van der Waals surface area contributed by atoms with Crippen molar-refractivity contribution >= 4 is 5.97 Å². The molecule has 5 atom stereocenters. The van der Waals surface area contributed by atoms with Gasteiger partial charge in [-0.25, -0.2) is 4.79 Å². The Kier molecular flexibility index (Phi) is 3.70. The maximum atomic E-state index is 11.5. The number of hydrogen-bond acceptors (Lipinski definition) is 2. The van der Waals surface area contributed by atoms with Gasteiger partial charge in [-0.1, -0.05) is 27.4 Å². The molecule has 3 aliphatic carbocycles. The third-order valence-electron chi connectivity index (χ3n) is 7.55. The van der Waals surface area contributed by atoms with Crippen molar-refractivity contribution in [2.75, 3.05) is 0 Å². The normalized spacial score (nSPS) is 44.5. The van der Waals surface area contributed by atoms with Gasteiger partial charge in [0.25, 0.3) is 0 Å². The van der Waals surface area contributed by atoms with Crippen LogP contribution in [0.5, 0.6) is 0 Å². The van der Waals surface area contributed by atoms with Crippen molar-refractivity contribution in [1.29, 1.82) is 0 Å². The van der Waals surface area contributed by atoms with E-state index in [2.05, 4.69) is 27.4 Å². The minimum absolute atomic E-state index is 0.125. The smallest absolute Gasteiger partial charge is 0.330 e. The molecule has 0 aliphatic heterocycles. The summed E-state index contributed by atoms with van der Waals surface area (Å²) in [5.41, 5.74) is 0.981. The Labute approximate surface area is 129 Å². The standard InChI is InChI=1S/C19H30O2/c1-5-17(20)21-15-8-6-7-13(11-15)16-12-14-9-10-19(16,4)18(14,2)3/h5,13-16H,1,6-12H2,2-4H3/t13-,14+,15+,16+,19+/m1/s1. The number of carbonyl (C=O) groups excluding carboxylic acids is 1. The van der Waals surface area contributed by atoms with Crippen molar-refractivity contribution in [1.82, 2.24) is 0 Å². The molecule has 0 unspecified atom stereocenters. The zero-order chi connectivity index (χ0) is 15.3. The van der Waals surface area contributed by atoms with Crippen LogP contribution in [0.4, 0.5) is 0 Å². The Hall–Kier alpha value is -0.790. The molecule has 2 heteroatoms. The first-order valence-electron chi connectivity index (χ1n) is 8.71. The predicted molar refractivity (Wildman–Crippen MR) is 84.8 cm³/mol. The summed E-state index contributed by atoms with van der Waals surface area (Å²) >= 11 is 0. The number of carbonyl (C=O) groups is 1. The van der Waals surface area contributed by atoms with E-state index in [1.807, 2.05) is 0 Å². The molecule has 2 nitrogen and oxygen atoms in total. The number of fused-ring (bicyclic) bond motifs is 2. The predicted octanol–water partition coefficient (Wildman–Crippen LogP) is 4.74. The Balaban J connectivity index is 1.70. The molecule has 3 aliphatic rings. The van der Waals surface area contributed by atoms with E-state index in [9.17, 15) is 4.79 Å². The summed E-state index contributed by atoms with van der Waals surface area (Å²) in [6.45, 7) is 11.0. The lowest BCUT2D eigenvalue weighted by Crippen LogP contribution is -2.38. The van der Waals surface area contributed by atoms with E-state index in [4.69, 9.17) is 4.74 Å². The van der Waals surface area contributed by atoms with Gasteiger partial charge in [-0.3, -0.25) is 0 Å². The summed E-state index contributed by atoms with van der Waals surface area (Å²) in [5.74, 6) is 2.23. The summed E-state index contributed by atoms with van der Waals surface area (Å²) in [4.78, 5) is 11.5. The van der Waals surface area contributed by atoms with E-state index in [1.165, 1.54) is 38.2 Å². The maximum absolute atomic E-state index is 11.5. The third-order valence-corrected chi connectivity index (χ3v) is 7.55. The van der Waals surface area contributed by atoms with Crippen LogP contribution in [0.3, 0.4) is 0 Å². The minimum atomic E-state index is -0.250. The van der Waals surface area contributed by atoms with Gasteiger partial charge in [0.05, 0.1) is 0 Å². The van der Waals surface area contributed by atoms with Crippen LogP contribution in [0.25, 0.3) is 0 Å². The molecule has 0 spiro atoms. The van der Waals surface area contributed by atoms with Gasteiger partial charge in [0.15, 0.2) is 0 Å². The van der Waals surface area contributed by atoms with Crippen LogP contribution in [0.15, 0.2) is 12.7 Å². The molecule has 3 rings (SSSR count). The van der Waals surface area contributed by atoms with Crippen molar-refractivity contribution < 1.29 is 9.53 Å². The third kappa shape index (κ3) is 2.26. The quantitative estimate of drug-likeness (QED) is 0.554. The van der Waals surface area contributed by atoms with Crippen LogP contribution in [-0.4, -0.2) is 12.1 Å². The van der Waals surface area contributed by atoms with Gasteiger partial charge < -0.3 is 4.74 Å². The minimum Gasteiger partial charge on any atom is -0.459 e. The van der Waals surface area contributed by atoms with Gasteiger partial charge in [0.2, 0.25) is 0 Å². The second kappa shape index (κ2) is 5.14.